The van der Waals surface area contributed by atoms with Gasteiger partial charge >= 0.3 is 5.69 Å². The van der Waals surface area contributed by atoms with Crippen LogP contribution in [0.2, 0.25) is 0 Å². The summed E-state index contributed by atoms with van der Waals surface area (Å²) in [5.74, 6) is 0.251. The van der Waals surface area contributed by atoms with E-state index in [0.717, 1.165) is 49.7 Å². The lowest BCUT2D eigenvalue weighted by atomic mass is 9.90. The number of imidazole rings is 1. The monoisotopic (exact) mass is 407 g/mol. The molecule has 2 aliphatic carbocycles. The average molecular weight is 408 g/mol. The van der Waals surface area contributed by atoms with Gasteiger partial charge < -0.3 is 14.6 Å². The minimum absolute atomic E-state index is 0.0162. The second-order valence-corrected chi connectivity index (χ2v) is 9.31. The zero-order chi connectivity index (χ0) is 19.7. The Kier molecular flexibility index (Phi) is 6.34. The summed E-state index contributed by atoms with van der Waals surface area (Å²) < 4.78 is 7.94. The Balaban J connectivity index is 1.38. The molecule has 1 N–H and O–H groups in total. The smallest absolute Gasteiger partial charge is 0.326 e. The number of aromatic amines is 1. The van der Waals surface area contributed by atoms with Crippen LogP contribution in [-0.4, -0.2) is 51.7 Å². The van der Waals surface area contributed by atoms with Crippen molar-refractivity contribution in [2.75, 3.05) is 19.7 Å². The number of aromatic nitrogens is 2. The number of rotatable bonds is 5. The highest BCUT2D eigenvalue weighted by Gasteiger charge is 2.30. The van der Waals surface area contributed by atoms with E-state index < -0.39 is 0 Å². The number of ether oxygens (including phenoxy) is 1. The molecular weight excluding hydrogens is 374 g/mol. The average Bonchev–Trinajstić information content (AvgIpc) is 3.02. The molecule has 2 fully saturated rings. The predicted molar refractivity (Wildman–Crippen MR) is 114 cm³/mol. The topological polar surface area (TPSA) is 50.3 Å². The maximum atomic E-state index is 12.6. The van der Waals surface area contributed by atoms with Crippen LogP contribution in [0.4, 0.5) is 0 Å². The Morgan fingerprint density at radius 2 is 1.82 bits per heavy atom. The largest absolute Gasteiger partial charge is 0.378 e. The fraction of sp³-hybridized carbons (Fsp3) is 0.773. The fourth-order valence-corrected chi connectivity index (χ4v) is 5.36. The first-order chi connectivity index (χ1) is 13.6. The van der Waals surface area contributed by atoms with Crippen molar-refractivity contribution in [2.24, 2.45) is 5.92 Å². The van der Waals surface area contributed by atoms with Gasteiger partial charge in [-0.15, -0.1) is 11.6 Å². The Hall–Kier alpha value is -1.04. The summed E-state index contributed by atoms with van der Waals surface area (Å²) in [4.78, 5) is 18.3. The van der Waals surface area contributed by atoms with Crippen molar-refractivity contribution in [3.63, 3.8) is 0 Å². The van der Waals surface area contributed by atoms with Crippen molar-refractivity contribution < 1.29 is 4.74 Å². The van der Waals surface area contributed by atoms with Gasteiger partial charge in [-0.1, -0.05) is 19.9 Å². The normalized spacial score (nSPS) is 31.8. The van der Waals surface area contributed by atoms with Crippen LogP contribution < -0.4 is 16.4 Å². The molecule has 3 aliphatic rings. The van der Waals surface area contributed by atoms with Crippen LogP contribution in [0.3, 0.4) is 0 Å². The molecule has 28 heavy (non-hydrogen) atoms. The van der Waals surface area contributed by atoms with Crippen molar-refractivity contribution in [1.29, 1.82) is 0 Å². The molecule has 156 valence electrons. The molecule has 1 saturated heterocycles. The number of alkyl halides is 1. The van der Waals surface area contributed by atoms with Gasteiger partial charge in [0.1, 0.15) is 0 Å². The first-order valence-electron chi connectivity index (χ1n) is 11.1. The number of hydrogen-bond acceptors (Lipinski definition) is 3. The summed E-state index contributed by atoms with van der Waals surface area (Å²) in [5, 5.41) is 1.90. The molecule has 0 radical (unpaired) electrons. The summed E-state index contributed by atoms with van der Waals surface area (Å²) in [7, 11) is 0. The maximum absolute atomic E-state index is 12.6. The quantitative estimate of drug-likeness (QED) is 0.762. The third-order valence-corrected chi connectivity index (χ3v) is 7.35. The van der Waals surface area contributed by atoms with Gasteiger partial charge in [-0.3, -0.25) is 4.57 Å². The lowest BCUT2D eigenvalue weighted by molar-refractivity contribution is 0.00238. The van der Waals surface area contributed by atoms with Crippen molar-refractivity contribution in [3.05, 3.63) is 21.2 Å². The van der Waals surface area contributed by atoms with Crippen molar-refractivity contribution in [1.82, 2.24) is 14.5 Å². The van der Waals surface area contributed by atoms with E-state index in [9.17, 15) is 4.79 Å². The predicted octanol–water partition coefficient (Wildman–Crippen LogP) is 2.37. The molecule has 1 saturated carbocycles. The molecule has 0 bridgehead atoms. The van der Waals surface area contributed by atoms with Crippen molar-refractivity contribution in [3.8, 4) is 0 Å². The lowest BCUT2D eigenvalue weighted by Crippen LogP contribution is -2.47. The summed E-state index contributed by atoms with van der Waals surface area (Å²) in [6.07, 6.45) is 12.7. The van der Waals surface area contributed by atoms with Crippen LogP contribution in [0.5, 0.6) is 0 Å². The van der Waals surface area contributed by atoms with Crippen molar-refractivity contribution in [2.45, 2.75) is 82.4 Å². The molecule has 2 atom stereocenters. The number of nitrogens with one attached hydrogen (secondary N) is 1. The number of hydrogen-bond donors (Lipinski definition) is 1. The molecule has 0 spiro atoms. The van der Waals surface area contributed by atoms with E-state index in [0.29, 0.717) is 12.1 Å². The molecule has 0 aromatic carbocycles. The molecule has 1 aromatic rings. The van der Waals surface area contributed by atoms with E-state index in [4.69, 9.17) is 16.3 Å². The van der Waals surface area contributed by atoms with Gasteiger partial charge in [0, 0.05) is 31.8 Å². The second kappa shape index (κ2) is 8.76. The highest BCUT2D eigenvalue weighted by molar-refractivity contribution is 6.24. The fourth-order valence-electron chi connectivity index (χ4n) is 5.16. The minimum atomic E-state index is -0.0442. The van der Waals surface area contributed by atoms with E-state index in [1.54, 1.807) is 0 Å². The third-order valence-electron chi connectivity index (χ3n) is 6.83. The second-order valence-electron chi connectivity index (χ2n) is 8.80. The van der Waals surface area contributed by atoms with Crippen LogP contribution in [0.1, 0.15) is 64.8 Å². The standard InChI is InChI=1S/C22H34ClN3O2/c1-3-12-28-18-6-4-16(5-7-18)25-10-8-17(9-11-25)26-21-13-15(2)19(23)14-20(21)24-22(26)27/h13-19H,3-12H2,1-2H3,(H,24,27). The number of likely N-dealkylation sites (tertiary alicyclic amines) is 1. The molecule has 2 unspecified atom stereocenters. The molecule has 4 rings (SSSR count). The molecule has 5 nitrogen and oxygen atoms in total. The Morgan fingerprint density at radius 1 is 1.11 bits per heavy atom. The number of piperidine rings is 1. The molecular formula is C22H34ClN3O2. The van der Waals surface area contributed by atoms with E-state index in [1.807, 2.05) is 10.6 Å². The van der Waals surface area contributed by atoms with Crippen LogP contribution in [0.25, 0.3) is 12.2 Å². The SMILES string of the molecule is CCCOC1CCC(N2CCC(n3c(=O)[nH]c4c3=CC(C)C(Cl)C=4)CC2)CC1. The minimum Gasteiger partial charge on any atom is -0.378 e. The van der Waals surface area contributed by atoms with Crippen LogP contribution in [-0.2, 0) is 4.74 Å². The number of nitrogens with zero attached hydrogens (tertiary/aromatic N) is 2. The maximum Gasteiger partial charge on any atom is 0.326 e. The molecule has 1 aromatic heterocycles. The zero-order valence-electron chi connectivity index (χ0n) is 17.2. The lowest BCUT2D eigenvalue weighted by Gasteiger charge is -2.41. The Morgan fingerprint density at radius 3 is 2.50 bits per heavy atom. The number of halogens is 1. The highest BCUT2D eigenvalue weighted by atomic mass is 35.5. The van der Waals surface area contributed by atoms with Gasteiger partial charge in [-0.05, 0) is 56.9 Å². The van der Waals surface area contributed by atoms with Gasteiger partial charge in [-0.25, -0.2) is 4.79 Å². The first kappa shape index (κ1) is 20.2. The summed E-state index contributed by atoms with van der Waals surface area (Å²) >= 11 is 6.35. The summed E-state index contributed by atoms with van der Waals surface area (Å²) in [6, 6.07) is 0.980. The van der Waals surface area contributed by atoms with E-state index in [-0.39, 0.29) is 23.0 Å². The first-order valence-corrected chi connectivity index (χ1v) is 11.5. The Labute approximate surface area is 172 Å². The summed E-state index contributed by atoms with van der Waals surface area (Å²) in [5.41, 5.74) is 0.0162. The van der Waals surface area contributed by atoms with Crippen LogP contribution in [0.15, 0.2) is 4.79 Å². The van der Waals surface area contributed by atoms with Gasteiger partial charge in [0.15, 0.2) is 0 Å². The third kappa shape index (κ3) is 4.12. The summed E-state index contributed by atoms with van der Waals surface area (Å²) in [6.45, 7) is 7.35. The molecule has 1 aliphatic heterocycles. The van der Waals surface area contributed by atoms with Crippen LogP contribution >= 0.6 is 11.6 Å². The van der Waals surface area contributed by atoms with Gasteiger partial charge in [0.2, 0.25) is 0 Å². The number of fused-ring (bicyclic) bond motifs is 1. The van der Waals surface area contributed by atoms with E-state index >= 15 is 0 Å². The van der Waals surface area contributed by atoms with Crippen molar-refractivity contribution >= 4 is 23.8 Å². The Bertz CT molecular complexity index is 829. The van der Waals surface area contributed by atoms with Gasteiger partial charge in [0.05, 0.1) is 22.2 Å². The van der Waals surface area contributed by atoms with Crippen LogP contribution in [0, 0.1) is 5.92 Å². The highest BCUT2D eigenvalue weighted by Crippen LogP contribution is 2.29. The van der Waals surface area contributed by atoms with E-state index in [1.165, 1.54) is 25.7 Å². The van der Waals surface area contributed by atoms with Gasteiger partial charge in [0.25, 0.3) is 0 Å². The molecule has 2 heterocycles. The van der Waals surface area contributed by atoms with Gasteiger partial charge in [-0.2, -0.15) is 0 Å². The number of H-pyrrole nitrogens is 1. The molecule has 6 heteroatoms. The molecule has 0 amide bonds. The van der Waals surface area contributed by atoms with E-state index in [2.05, 4.69) is 29.8 Å². The zero-order valence-corrected chi connectivity index (χ0v) is 18.0.